The van der Waals surface area contributed by atoms with Gasteiger partial charge >= 0.3 is 6.18 Å². The van der Waals surface area contributed by atoms with E-state index in [1.165, 1.54) is 13.0 Å². The number of rotatable bonds is 4. The van der Waals surface area contributed by atoms with Crippen LogP contribution in [-0.2, 0) is 10.7 Å². The quantitative estimate of drug-likeness (QED) is 0.419. The minimum Gasteiger partial charge on any atom is -0.363 e. The number of anilines is 1. The number of aromatic nitrogens is 2. The number of hydrogen-bond donors (Lipinski definition) is 1. The van der Waals surface area contributed by atoms with Crippen LogP contribution in [-0.4, -0.2) is 23.3 Å². The first-order valence-corrected chi connectivity index (χ1v) is 12.6. The lowest BCUT2D eigenvalue weighted by atomic mass is 9.97. The summed E-state index contributed by atoms with van der Waals surface area (Å²) in [4.78, 5) is 8.92. The van der Waals surface area contributed by atoms with Crippen molar-refractivity contribution < 1.29 is 17.7 Å². The maximum absolute atomic E-state index is 13.3. The highest BCUT2D eigenvalue weighted by atomic mass is 79.9. The Morgan fingerprint density at radius 2 is 1.80 bits per heavy atom. The molecule has 3 rings (SSSR count). The number of nitrogens with one attached hydrogen (secondary N) is 1. The summed E-state index contributed by atoms with van der Waals surface area (Å²) in [6.45, 7) is 8.36. The van der Waals surface area contributed by atoms with Gasteiger partial charge < -0.3 is 9.88 Å². The number of nitrogens with zero attached hydrogens (tertiary/aromatic N) is 2. The van der Waals surface area contributed by atoms with Gasteiger partial charge in [0, 0.05) is 15.2 Å². The Balaban J connectivity index is 2.11. The summed E-state index contributed by atoms with van der Waals surface area (Å²) in [6, 6.07) is 7.31. The van der Waals surface area contributed by atoms with Gasteiger partial charge in [-0.3, -0.25) is 0 Å². The predicted octanol–water partition coefficient (Wildman–Crippen LogP) is 6.45. The number of benzene rings is 2. The van der Waals surface area contributed by atoms with Crippen LogP contribution < -0.4 is 10.6 Å². The summed E-state index contributed by atoms with van der Waals surface area (Å²) in [5.41, 5.74) is 0.710. The van der Waals surface area contributed by atoms with Gasteiger partial charge in [0.1, 0.15) is 18.8 Å². The smallest absolute Gasteiger partial charge is 0.363 e. The average molecular weight is 500 g/mol. The molecule has 30 heavy (non-hydrogen) atoms. The fraction of sp³-hybridized carbons (Fsp3) is 0.333. The zero-order valence-corrected chi connectivity index (χ0v) is 19.7. The van der Waals surface area contributed by atoms with Gasteiger partial charge in [0.05, 0.1) is 17.1 Å². The van der Waals surface area contributed by atoms with E-state index in [1.54, 1.807) is 45.4 Å². The zero-order chi connectivity index (χ0) is 22.4. The third kappa shape index (κ3) is 4.54. The molecule has 0 radical (unpaired) electrons. The van der Waals surface area contributed by atoms with Crippen molar-refractivity contribution in [2.45, 2.75) is 33.0 Å². The van der Waals surface area contributed by atoms with Gasteiger partial charge in [-0.05, 0) is 79.4 Å². The molecule has 0 aliphatic carbocycles. The first kappa shape index (κ1) is 22.8. The van der Waals surface area contributed by atoms with Crippen molar-refractivity contribution in [2.75, 3.05) is 18.6 Å². The van der Waals surface area contributed by atoms with E-state index in [1.807, 2.05) is 0 Å². The molecule has 0 saturated heterocycles. The standard InChI is InChI=1S/C21H22BrF3N3OP/c1-11-14(7-6-8-16(11)21(23,24)25)12(2)26-20-15-9-19(30(4,5)29)17(22)10-18(15)27-13(3)28-20/h6-10,12H,1-5H3,(H,26,27,28). The third-order valence-corrected chi connectivity index (χ3v) is 7.45. The average Bonchev–Trinajstić information content (AvgIpc) is 2.58. The SMILES string of the molecule is Cc1nc(NC(C)c2cccc(C(F)(F)F)c2C)c2cc(P(C)(C)=O)c(Br)cc2n1. The summed E-state index contributed by atoms with van der Waals surface area (Å²) in [7, 11) is -2.57. The Morgan fingerprint density at radius 1 is 1.13 bits per heavy atom. The summed E-state index contributed by atoms with van der Waals surface area (Å²) in [5.74, 6) is 1.01. The van der Waals surface area contributed by atoms with Crippen molar-refractivity contribution in [2.24, 2.45) is 0 Å². The highest BCUT2D eigenvalue weighted by molar-refractivity contribution is 9.10. The number of fused-ring (bicyclic) bond motifs is 1. The lowest BCUT2D eigenvalue weighted by Gasteiger charge is -2.21. The topological polar surface area (TPSA) is 54.9 Å². The Bertz CT molecular complexity index is 1170. The molecule has 1 unspecified atom stereocenters. The monoisotopic (exact) mass is 499 g/mol. The minimum atomic E-state index is -4.41. The third-order valence-electron chi connectivity index (χ3n) is 4.96. The highest BCUT2D eigenvalue weighted by Gasteiger charge is 2.33. The summed E-state index contributed by atoms with van der Waals surface area (Å²) in [5, 5.41) is 4.56. The largest absolute Gasteiger partial charge is 0.416 e. The summed E-state index contributed by atoms with van der Waals surface area (Å²) >= 11 is 3.47. The molecular formula is C21H22BrF3N3OP. The maximum Gasteiger partial charge on any atom is 0.416 e. The lowest BCUT2D eigenvalue weighted by Crippen LogP contribution is -2.15. The van der Waals surface area contributed by atoms with Crippen molar-refractivity contribution >= 4 is 45.1 Å². The second kappa shape index (κ2) is 7.97. The normalized spacial score (nSPS) is 13.5. The van der Waals surface area contributed by atoms with E-state index in [4.69, 9.17) is 0 Å². The second-order valence-electron chi connectivity index (χ2n) is 7.67. The van der Waals surface area contributed by atoms with Crippen molar-refractivity contribution in [3.63, 3.8) is 0 Å². The van der Waals surface area contributed by atoms with Crippen LogP contribution in [0.2, 0.25) is 0 Å². The van der Waals surface area contributed by atoms with Crippen LogP contribution >= 0.6 is 23.1 Å². The molecule has 4 nitrogen and oxygen atoms in total. The zero-order valence-electron chi connectivity index (χ0n) is 17.2. The summed E-state index contributed by atoms with van der Waals surface area (Å²) < 4.78 is 53.3. The molecule has 0 saturated carbocycles. The Kier molecular flexibility index (Phi) is 6.04. The minimum absolute atomic E-state index is 0.176. The Hall–Kier alpha value is -1.92. The molecule has 1 atom stereocenters. The van der Waals surface area contributed by atoms with Gasteiger partial charge in [-0.15, -0.1) is 0 Å². The number of hydrogen-bond acceptors (Lipinski definition) is 4. The van der Waals surface area contributed by atoms with Crippen LogP contribution in [0, 0.1) is 13.8 Å². The molecule has 0 spiro atoms. The molecule has 1 aromatic heterocycles. The van der Waals surface area contributed by atoms with E-state index in [0.717, 1.165) is 6.07 Å². The fourth-order valence-electron chi connectivity index (χ4n) is 3.49. The number of alkyl halides is 3. The molecule has 0 aliphatic rings. The van der Waals surface area contributed by atoms with E-state index in [-0.39, 0.29) is 5.56 Å². The second-order valence-corrected chi connectivity index (χ2v) is 11.7. The maximum atomic E-state index is 13.3. The van der Waals surface area contributed by atoms with E-state index in [9.17, 15) is 17.7 Å². The van der Waals surface area contributed by atoms with Crippen LogP contribution in [0.25, 0.3) is 10.9 Å². The van der Waals surface area contributed by atoms with Gasteiger partial charge in [-0.2, -0.15) is 13.2 Å². The van der Waals surface area contributed by atoms with Crippen molar-refractivity contribution in [3.8, 4) is 0 Å². The van der Waals surface area contributed by atoms with Gasteiger partial charge in [0.2, 0.25) is 0 Å². The Labute approximate surface area is 181 Å². The van der Waals surface area contributed by atoms with Crippen LogP contribution in [0.5, 0.6) is 0 Å². The molecule has 0 bridgehead atoms. The van der Waals surface area contributed by atoms with Crippen LogP contribution in [0.3, 0.4) is 0 Å². The van der Waals surface area contributed by atoms with Crippen LogP contribution in [0.1, 0.15) is 35.5 Å². The van der Waals surface area contributed by atoms with E-state index in [2.05, 4.69) is 31.2 Å². The first-order chi connectivity index (χ1) is 13.8. The highest BCUT2D eigenvalue weighted by Crippen LogP contribution is 2.40. The summed E-state index contributed by atoms with van der Waals surface area (Å²) in [6.07, 6.45) is -4.41. The molecule has 0 aliphatic heterocycles. The predicted molar refractivity (Wildman–Crippen MR) is 119 cm³/mol. The van der Waals surface area contributed by atoms with Gasteiger partial charge in [0.15, 0.2) is 0 Å². The van der Waals surface area contributed by atoms with Gasteiger partial charge in [0.25, 0.3) is 0 Å². The molecule has 0 amide bonds. The van der Waals surface area contributed by atoms with Gasteiger partial charge in [-0.25, -0.2) is 9.97 Å². The molecule has 0 fully saturated rings. The van der Waals surface area contributed by atoms with E-state index in [0.29, 0.717) is 37.9 Å². The molecular weight excluding hydrogens is 478 g/mol. The molecule has 9 heteroatoms. The fourth-order valence-corrected chi connectivity index (χ4v) is 6.12. The first-order valence-electron chi connectivity index (χ1n) is 9.25. The van der Waals surface area contributed by atoms with E-state index >= 15 is 0 Å². The molecule has 3 aromatic rings. The number of aryl methyl sites for hydroxylation is 1. The lowest BCUT2D eigenvalue weighted by molar-refractivity contribution is -0.138. The molecule has 1 N–H and O–H groups in total. The van der Waals surface area contributed by atoms with Crippen LogP contribution in [0.15, 0.2) is 34.8 Å². The molecule has 1 heterocycles. The van der Waals surface area contributed by atoms with Crippen molar-refractivity contribution in [3.05, 3.63) is 57.3 Å². The van der Waals surface area contributed by atoms with Crippen LogP contribution in [0.4, 0.5) is 19.0 Å². The van der Waals surface area contributed by atoms with Crippen molar-refractivity contribution in [1.29, 1.82) is 0 Å². The molecule has 160 valence electrons. The Morgan fingerprint density at radius 3 is 2.40 bits per heavy atom. The van der Waals surface area contributed by atoms with Crippen molar-refractivity contribution in [1.82, 2.24) is 9.97 Å². The number of halogens is 4. The van der Waals surface area contributed by atoms with Gasteiger partial charge in [-0.1, -0.05) is 12.1 Å². The van der Waals surface area contributed by atoms with E-state index < -0.39 is 24.9 Å². The molecule has 2 aromatic carbocycles.